The minimum Gasteiger partial charge on any atom is -0.298 e. The molecule has 0 saturated heterocycles. The summed E-state index contributed by atoms with van der Waals surface area (Å²) in [7, 11) is 0. The summed E-state index contributed by atoms with van der Waals surface area (Å²) in [5.41, 5.74) is 3.17. The van der Waals surface area contributed by atoms with E-state index in [2.05, 4.69) is 0 Å². The van der Waals surface area contributed by atoms with Gasteiger partial charge in [-0.05, 0) is 41.8 Å². The highest BCUT2D eigenvalue weighted by atomic mass is 19.1. The van der Waals surface area contributed by atoms with Crippen molar-refractivity contribution in [2.75, 3.05) is 0 Å². The van der Waals surface area contributed by atoms with Gasteiger partial charge in [0.15, 0.2) is 6.29 Å². The molecule has 0 heterocycles. The normalized spacial score (nSPS) is 10.1. The molecule has 18 heavy (non-hydrogen) atoms. The number of halogens is 1. The molecule has 0 aliphatic rings. The van der Waals surface area contributed by atoms with Gasteiger partial charge in [-0.2, -0.15) is 0 Å². The maximum absolute atomic E-state index is 13.2. The molecule has 2 aromatic rings. The number of hydrogen-bond acceptors (Lipinski definition) is 2. The average Bonchev–Trinajstić information content (AvgIpc) is 2.39. The molecular formula is C15H11FO2. The molecule has 0 bridgehead atoms. The number of benzene rings is 2. The maximum Gasteiger partial charge on any atom is 0.153 e. The second-order valence-corrected chi connectivity index (χ2v) is 4.05. The van der Waals surface area contributed by atoms with Gasteiger partial charge in [-0.1, -0.05) is 18.2 Å². The van der Waals surface area contributed by atoms with Crippen LogP contribution in [-0.2, 0) is 0 Å². The molecule has 0 aliphatic heterocycles. The first-order valence-electron chi connectivity index (χ1n) is 5.46. The summed E-state index contributed by atoms with van der Waals surface area (Å²) in [6.45, 7) is 1.87. The van der Waals surface area contributed by atoms with Crippen LogP contribution in [0, 0.1) is 12.7 Å². The van der Waals surface area contributed by atoms with Gasteiger partial charge >= 0.3 is 0 Å². The van der Waals surface area contributed by atoms with Crippen molar-refractivity contribution >= 4 is 12.6 Å². The Morgan fingerprint density at radius 1 is 1.00 bits per heavy atom. The molecule has 0 fully saturated rings. The Hall–Kier alpha value is -2.29. The van der Waals surface area contributed by atoms with Crippen molar-refractivity contribution in [2.24, 2.45) is 0 Å². The van der Waals surface area contributed by atoms with E-state index in [-0.39, 0.29) is 5.56 Å². The van der Waals surface area contributed by atoms with E-state index in [4.69, 9.17) is 0 Å². The fourth-order valence-electron chi connectivity index (χ4n) is 1.89. The molecule has 0 saturated carbocycles. The van der Waals surface area contributed by atoms with Crippen molar-refractivity contribution in [2.45, 2.75) is 6.92 Å². The lowest BCUT2D eigenvalue weighted by atomic mass is 9.97. The van der Waals surface area contributed by atoms with Crippen molar-refractivity contribution in [1.82, 2.24) is 0 Å². The van der Waals surface area contributed by atoms with Gasteiger partial charge in [-0.3, -0.25) is 9.59 Å². The van der Waals surface area contributed by atoms with Crippen LogP contribution >= 0.6 is 0 Å². The van der Waals surface area contributed by atoms with Crippen molar-refractivity contribution in [1.29, 1.82) is 0 Å². The van der Waals surface area contributed by atoms with Crippen molar-refractivity contribution < 1.29 is 14.0 Å². The number of rotatable bonds is 3. The van der Waals surface area contributed by atoms with Gasteiger partial charge in [0.25, 0.3) is 0 Å². The Labute approximate surface area is 104 Å². The lowest BCUT2D eigenvalue weighted by Gasteiger charge is -2.07. The Bertz CT molecular complexity index is 618. The van der Waals surface area contributed by atoms with Crippen LogP contribution in [0.3, 0.4) is 0 Å². The first kappa shape index (κ1) is 12.2. The van der Waals surface area contributed by atoms with Crippen molar-refractivity contribution in [3.05, 3.63) is 58.9 Å². The van der Waals surface area contributed by atoms with E-state index >= 15 is 0 Å². The molecule has 2 rings (SSSR count). The highest BCUT2D eigenvalue weighted by molar-refractivity contribution is 5.82. The summed E-state index contributed by atoms with van der Waals surface area (Å²) < 4.78 is 13.2. The average molecular weight is 242 g/mol. The SMILES string of the molecule is Cc1cc(C=O)ccc1-c1ccc(F)c(C=O)c1. The summed E-state index contributed by atoms with van der Waals surface area (Å²) >= 11 is 0. The molecule has 0 atom stereocenters. The first-order valence-corrected chi connectivity index (χ1v) is 5.46. The predicted molar refractivity (Wildman–Crippen MR) is 67.3 cm³/mol. The molecule has 0 N–H and O–H groups in total. The molecule has 2 nitrogen and oxygen atoms in total. The zero-order valence-corrected chi connectivity index (χ0v) is 9.81. The van der Waals surface area contributed by atoms with E-state index in [0.29, 0.717) is 11.8 Å². The first-order chi connectivity index (χ1) is 8.65. The standard InChI is InChI=1S/C15H11FO2/c1-10-6-11(8-17)2-4-14(10)12-3-5-15(16)13(7-12)9-18/h2-9H,1H3. The van der Waals surface area contributed by atoms with Gasteiger partial charge in [0.2, 0.25) is 0 Å². The molecule has 90 valence electrons. The van der Waals surface area contributed by atoms with Crippen LogP contribution < -0.4 is 0 Å². The Kier molecular flexibility index (Phi) is 3.33. The van der Waals surface area contributed by atoms with Crippen LogP contribution in [0.25, 0.3) is 11.1 Å². The molecule has 0 unspecified atom stereocenters. The highest BCUT2D eigenvalue weighted by Gasteiger charge is 2.07. The van der Waals surface area contributed by atoms with E-state index in [1.807, 2.05) is 6.92 Å². The zero-order valence-electron chi connectivity index (χ0n) is 9.81. The van der Waals surface area contributed by atoms with Gasteiger partial charge in [0.1, 0.15) is 12.1 Å². The smallest absolute Gasteiger partial charge is 0.153 e. The van der Waals surface area contributed by atoms with Crippen LogP contribution in [0.4, 0.5) is 4.39 Å². The second-order valence-electron chi connectivity index (χ2n) is 4.05. The van der Waals surface area contributed by atoms with E-state index in [1.165, 1.54) is 12.1 Å². The molecule has 0 spiro atoms. The van der Waals surface area contributed by atoms with Gasteiger partial charge in [-0.15, -0.1) is 0 Å². The van der Waals surface area contributed by atoms with E-state index < -0.39 is 5.82 Å². The number of aryl methyl sites for hydroxylation is 1. The third-order valence-corrected chi connectivity index (χ3v) is 2.82. The minimum atomic E-state index is -0.532. The van der Waals surface area contributed by atoms with Crippen LogP contribution in [0.15, 0.2) is 36.4 Å². The second kappa shape index (κ2) is 4.92. The van der Waals surface area contributed by atoms with Crippen molar-refractivity contribution in [3.63, 3.8) is 0 Å². The molecular weight excluding hydrogens is 231 g/mol. The fourth-order valence-corrected chi connectivity index (χ4v) is 1.89. The Morgan fingerprint density at radius 2 is 1.78 bits per heavy atom. The number of carbonyl (C=O) groups excluding carboxylic acids is 2. The predicted octanol–water partition coefficient (Wildman–Crippen LogP) is 3.43. The number of aldehydes is 2. The monoisotopic (exact) mass is 242 g/mol. The molecule has 0 amide bonds. The molecule has 0 aromatic heterocycles. The quantitative estimate of drug-likeness (QED) is 0.773. The molecule has 0 radical (unpaired) electrons. The third kappa shape index (κ3) is 2.20. The summed E-state index contributed by atoms with van der Waals surface area (Å²) in [5.74, 6) is -0.532. The number of hydrogen-bond donors (Lipinski definition) is 0. The number of carbonyl (C=O) groups is 2. The van der Waals surface area contributed by atoms with Crippen LogP contribution in [0.1, 0.15) is 26.3 Å². The summed E-state index contributed by atoms with van der Waals surface area (Å²) in [4.78, 5) is 21.4. The van der Waals surface area contributed by atoms with Gasteiger partial charge in [0.05, 0.1) is 5.56 Å². The van der Waals surface area contributed by atoms with E-state index in [1.54, 1.807) is 24.3 Å². The van der Waals surface area contributed by atoms with Crippen LogP contribution in [0.2, 0.25) is 0 Å². The highest BCUT2D eigenvalue weighted by Crippen LogP contribution is 2.25. The molecule has 2 aromatic carbocycles. The fraction of sp³-hybridized carbons (Fsp3) is 0.0667. The summed E-state index contributed by atoms with van der Waals surface area (Å²) in [6.07, 6.45) is 1.27. The third-order valence-electron chi connectivity index (χ3n) is 2.82. The van der Waals surface area contributed by atoms with Gasteiger partial charge in [-0.25, -0.2) is 4.39 Å². The van der Waals surface area contributed by atoms with Crippen LogP contribution in [0.5, 0.6) is 0 Å². The Morgan fingerprint density at radius 3 is 2.39 bits per heavy atom. The topological polar surface area (TPSA) is 34.1 Å². The van der Waals surface area contributed by atoms with E-state index in [0.717, 1.165) is 23.0 Å². The summed E-state index contributed by atoms with van der Waals surface area (Å²) in [6, 6.07) is 9.63. The maximum atomic E-state index is 13.2. The van der Waals surface area contributed by atoms with Gasteiger partial charge in [0, 0.05) is 5.56 Å². The van der Waals surface area contributed by atoms with E-state index in [9.17, 15) is 14.0 Å². The minimum absolute atomic E-state index is 0.0337. The van der Waals surface area contributed by atoms with Crippen molar-refractivity contribution in [3.8, 4) is 11.1 Å². The summed E-state index contributed by atoms with van der Waals surface area (Å²) in [5, 5.41) is 0. The largest absolute Gasteiger partial charge is 0.298 e. The van der Waals surface area contributed by atoms with Crippen LogP contribution in [-0.4, -0.2) is 12.6 Å². The molecule has 0 aliphatic carbocycles. The lowest BCUT2D eigenvalue weighted by molar-refractivity contribution is 0.111. The van der Waals surface area contributed by atoms with Gasteiger partial charge < -0.3 is 0 Å². The molecule has 3 heteroatoms. The Balaban J connectivity index is 2.55. The lowest BCUT2D eigenvalue weighted by Crippen LogP contribution is -1.91. The zero-order chi connectivity index (χ0) is 13.1.